The van der Waals surface area contributed by atoms with Crippen molar-refractivity contribution < 1.29 is 9.00 Å². The molecule has 0 aliphatic heterocycles. The Bertz CT molecular complexity index is 417. The van der Waals surface area contributed by atoms with Crippen molar-refractivity contribution >= 4 is 22.4 Å². The predicted molar refractivity (Wildman–Crippen MR) is 70.1 cm³/mol. The van der Waals surface area contributed by atoms with Gasteiger partial charge in [0.15, 0.2) is 0 Å². The Balaban J connectivity index is 2.73. The minimum atomic E-state index is -1.37. The van der Waals surface area contributed by atoms with Gasteiger partial charge in [-0.3, -0.25) is 9.00 Å². The zero-order chi connectivity index (χ0) is 12.8. The zero-order valence-corrected chi connectivity index (χ0v) is 11.0. The van der Waals surface area contributed by atoms with Crippen LogP contribution in [-0.4, -0.2) is 33.9 Å². The fourth-order valence-electron chi connectivity index (χ4n) is 1.55. The highest BCUT2D eigenvalue weighted by Crippen LogP contribution is 2.15. The van der Waals surface area contributed by atoms with E-state index in [0.29, 0.717) is 23.7 Å². The summed E-state index contributed by atoms with van der Waals surface area (Å²) in [6.45, 7) is 5.08. The van der Waals surface area contributed by atoms with Gasteiger partial charge in [0, 0.05) is 18.8 Å². The van der Waals surface area contributed by atoms with Crippen molar-refractivity contribution in [1.82, 2.24) is 4.90 Å². The Morgan fingerprint density at radius 3 is 2.41 bits per heavy atom. The fourth-order valence-corrected chi connectivity index (χ4v) is 2.67. The molecule has 0 radical (unpaired) electrons. The molecule has 94 valence electrons. The van der Waals surface area contributed by atoms with Gasteiger partial charge in [-0.1, -0.05) is 12.1 Å². The number of hydrogen-bond acceptors (Lipinski definition) is 3. The average molecular weight is 254 g/mol. The molecule has 4 nitrogen and oxygen atoms in total. The molecule has 0 aliphatic rings. The molecule has 1 atom stereocenters. The zero-order valence-electron chi connectivity index (χ0n) is 10.2. The second-order valence-electron chi connectivity index (χ2n) is 3.59. The largest absolute Gasteiger partial charge is 0.398 e. The first-order valence-corrected chi connectivity index (χ1v) is 6.92. The third kappa shape index (κ3) is 3.56. The van der Waals surface area contributed by atoms with Crippen LogP contribution in [-0.2, 0) is 15.6 Å². The van der Waals surface area contributed by atoms with Crippen LogP contribution in [0.3, 0.4) is 0 Å². The van der Waals surface area contributed by atoms with Crippen molar-refractivity contribution in [3.05, 3.63) is 24.3 Å². The molecule has 0 aliphatic carbocycles. The number of carbonyl (C=O) groups is 1. The summed E-state index contributed by atoms with van der Waals surface area (Å²) in [4.78, 5) is 14.0. The maximum Gasteiger partial charge on any atom is 0.235 e. The van der Waals surface area contributed by atoms with Crippen molar-refractivity contribution in [1.29, 1.82) is 0 Å². The van der Waals surface area contributed by atoms with E-state index in [1.54, 1.807) is 29.2 Å². The predicted octanol–water partition coefficient (Wildman–Crippen LogP) is 1.24. The van der Waals surface area contributed by atoms with Crippen LogP contribution in [0, 0.1) is 0 Å². The van der Waals surface area contributed by atoms with Gasteiger partial charge in [0.05, 0.1) is 15.7 Å². The van der Waals surface area contributed by atoms with Crippen LogP contribution >= 0.6 is 0 Å². The Hall–Kier alpha value is -1.36. The number of anilines is 1. The second kappa shape index (κ2) is 6.39. The first kappa shape index (κ1) is 13.7. The van der Waals surface area contributed by atoms with Gasteiger partial charge in [-0.15, -0.1) is 0 Å². The number of para-hydroxylation sites is 1. The lowest BCUT2D eigenvalue weighted by atomic mass is 10.3. The molecule has 1 unspecified atom stereocenters. The van der Waals surface area contributed by atoms with Crippen molar-refractivity contribution in [2.75, 3.05) is 24.6 Å². The molecule has 0 saturated carbocycles. The molecule has 0 saturated heterocycles. The van der Waals surface area contributed by atoms with Crippen LogP contribution < -0.4 is 5.73 Å². The normalized spacial score (nSPS) is 12.1. The molecule has 0 spiro atoms. The lowest BCUT2D eigenvalue weighted by Crippen LogP contribution is -2.34. The average Bonchev–Trinajstić information content (AvgIpc) is 2.31. The summed E-state index contributed by atoms with van der Waals surface area (Å²) in [6, 6.07) is 6.93. The Kier molecular flexibility index (Phi) is 5.15. The first-order chi connectivity index (χ1) is 8.10. The smallest absolute Gasteiger partial charge is 0.235 e. The number of amides is 1. The summed E-state index contributed by atoms with van der Waals surface area (Å²) in [5.41, 5.74) is 6.19. The van der Waals surface area contributed by atoms with E-state index in [9.17, 15) is 9.00 Å². The number of nitrogens with two attached hydrogens (primary N) is 1. The van der Waals surface area contributed by atoms with Crippen molar-refractivity contribution in [3.63, 3.8) is 0 Å². The van der Waals surface area contributed by atoms with Gasteiger partial charge >= 0.3 is 0 Å². The Labute approximate surface area is 104 Å². The molecule has 0 heterocycles. The molecular weight excluding hydrogens is 236 g/mol. The van der Waals surface area contributed by atoms with Crippen LogP contribution in [0.15, 0.2) is 29.2 Å². The van der Waals surface area contributed by atoms with E-state index in [4.69, 9.17) is 5.73 Å². The third-order valence-electron chi connectivity index (χ3n) is 2.54. The SMILES string of the molecule is CCN(CC)C(=O)CS(=O)c1ccccc1N. The lowest BCUT2D eigenvalue weighted by Gasteiger charge is -2.18. The molecule has 2 N–H and O–H groups in total. The molecule has 1 aromatic carbocycles. The number of hydrogen-bond donors (Lipinski definition) is 1. The van der Waals surface area contributed by atoms with Gasteiger partial charge in [-0.05, 0) is 26.0 Å². The van der Waals surface area contributed by atoms with E-state index >= 15 is 0 Å². The highest BCUT2D eigenvalue weighted by Gasteiger charge is 2.16. The second-order valence-corrected chi connectivity index (χ2v) is 5.01. The maximum absolute atomic E-state index is 12.0. The Morgan fingerprint density at radius 2 is 1.88 bits per heavy atom. The number of carbonyl (C=O) groups excluding carboxylic acids is 1. The van der Waals surface area contributed by atoms with Crippen molar-refractivity contribution in [2.45, 2.75) is 18.7 Å². The summed E-state index contributed by atoms with van der Waals surface area (Å²) in [7, 11) is -1.37. The van der Waals surface area contributed by atoms with Crippen LogP contribution in [0.2, 0.25) is 0 Å². The molecule has 1 aromatic rings. The number of rotatable bonds is 5. The summed E-state index contributed by atoms with van der Waals surface area (Å²) in [5, 5.41) is 0. The van der Waals surface area contributed by atoms with Gasteiger partial charge in [0.25, 0.3) is 0 Å². The van der Waals surface area contributed by atoms with Crippen molar-refractivity contribution in [3.8, 4) is 0 Å². The maximum atomic E-state index is 12.0. The summed E-state index contributed by atoms with van der Waals surface area (Å²) < 4.78 is 12.0. The van der Waals surface area contributed by atoms with Gasteiger partial charge in [0.1, 0.15) is 5.75 Å². The molecule has 1 rings (SSSR count). The first-order valence-electron chi connectivity index (χ1n) is 5.60. The molecule has 0 aromatic heterocycles. The fraction of sp³-hybridized carbons (Fsp3) is 0.417. The van der Waals surface area contributed by atoms with E-state index in [0.717, 1.165) is 0 Å². The van der Waals surface area contributed by atoms with Gasteiger partial charge < -0.3 is 10.6 Å². The van der Waals surface area contributed by atoms with Gasteiger partial charge in [-0.2, -0.15) is 0 Å². The standard InChI is InChI=1S/C12H18N2O2S/c1-3-14(4-2)12(15)9-17(16)11-8-6-5-7-10(11)13/h5-8H,3-4,9,13H2,1-2H3. The van der Waals surface area contributed by atoms with E-state index in [1.807, 2.05) is 13.8 Å². The molecule has 0 bridgehead atoms. The van der Waals surface area contributed by atoms with Crippen LogP contribution in [0.4, 0.5) is 5.69 Å². The molecule has 0 fully saturated rings. The summed E-state index contributed by atoms with van der Waals surface area (Å²) >= 11 is 0. The van der Waals surface area contributed by atoms with E-state index < -0.39 is 10.8 Å². The van der Waals surface area contributed by atoms with E-state index in [-0.39, 0.29) is 11.7 Å². The minimum Gasteiger partial charge on any atom is -0.398 e. The Morgan fingerprint density at radius 1 is 1.29 bits per heavy atom. The van der Waals surface area contributed by atoms with Crippen LogP contribution in [0.5, 0.6) is 0 Å². The molecule has 17 heavy (non-hydrogen) atoms. The molecular formula is C12H18N2O2S. The third-order valence-corrected chi connectivity index (χ3v) is 3.91. The molecule has 1 amide bonds. The topological polar surface area (TPSA) is 63.4 Å². The van der Waals surface area contributed by atoms with Crippen LogP contribution in [0.1, 0.15) is 13.8 Å². The van der Waals surface area contributed by atoms with Crippen molar-refractivity contribution in [2.24, 2.45) is 0 Å². The lowest BCUT2D eigenvalue weighted by molar-refractivity contribution is -0.128. The summed E-state index contributed by atoms with van der Waals surface area (Å²) in [6.07, 6.45) is 0. The summed E-state index contributed by atoms with van der Waals surface area (Å²) in [5.74, 6) is -0.104. The monoisotopic (exact) mass is 254 g/mol. The van der Waals surface area contributed by atoms with E-state index in [2.05, 4.69) is 0 Å². The highest BCUT2D eigenvalue weighted by molar-refractivity contribution is 7.86. The van der Waals surface area contributed by atoms with Gasteiger partial charge in [-0.25, -0.2) is 0 Å². The number of nitrogen functional groups attached to an aromatic ring is 1. The molecule has 5 heteroatoms. The van der Waals surface area contributed by atoms with Crippen LogP contribution in [0.25, 0.3) is 0 Å². The number of benzene rings is 1. The quantitative estimate of drug-likeness (QED) is 0.804. The van der Waals surface area contributed by atoms with Gasteiger partial charge in [0.2, 0.25) is 5.91 Å². The van der Waals surface area contributed by atoms with E-state index in [1.165, 1.54) is 0 Å². The highest BCUT2D eigenvalue weighted by atomic mass is 32.2. The number of nitrogens with zero attached hydrogens (tertiary/aromatic N) is 1. The minimum absolute atomic E-state index is 0.00407.